The molecule has 0 radical (unpaired) electrons. The Kier molecular flexibility index (Phi) is 3.46. The van der Waals surface area contributed by atoms with Crippen LogP contribution < -0.4 is 15.4 Å². The van der Waals surface area contributed by atoms with Gasteiger partial charge in [-0.25, -0.2) is 0 Å². The van der Waals surface area contributed by atoms with Crippen molar-refractivity contribution in [2.24, 2.45) is 11.8 Å². The molecule has 94 valence electrons. The van der Waals surface area contributed by atoms with Gasteiger partial charge in [0, 0.05) is 24.8 Å². The predicted molar refractivity (Wildman–Crippen MR) is 72.6 cm³/mol. The van der Waals surface area contributed by atoms with E-state index >= 15 is 0 Å². The molecule has 3 heteroatoms. The number of benzene rings is 1. The molecule has 0 bridgehead atoms. The number of anilines is 2. The summed E-state index contributed by atoms with van der Waals surface area (Å²) in [5, 5.41) is 0. The summed E-state index contributed by atoms with van der Waals surface area (Å²) in [6.45, 7) is 6.83. The fourth-order valence-corrected chi connectivity index (χ4v) is 2.82. The van der Waals surface area contributed by atoms with E-state index in [1.54, 1.807) is 7.11 Å². The van der Waals surface area contributed by atoms with Gasteiger partial charge in [-0.15, -0.1) is 0 Å². The minimum Gasteiger partial charge on any atom is -0.495 e. The molecule has 17 heavy (non-hydrogen) atoms. The van der Waals surface area contributed by atoms with Crippen LogP contribution in [0.15, 0.2) is 18.2 Å². The lowest BCUT2D eigenvalue weighted by atomic mass is 9.91. The minimum atomic E-state index is 0.737. The van der Waals surface area contributed by atoms with Crippen molar-refractivity contribution in [2.75, 3.05) is 30.8 Å². The Hall–Kier alpha value is -1.38. The zero-order valence-corrected chi connectivity index (χ0v) is 10.9. The van der Waals surface area contributed by atoms with Gasteiger partial charge < -0.3 is 15.4 Å². The monoisotopic (exact) mass is 234 g/mol. The van der Waals surface area contributed by atoms with Crippen LogP contribution in [0.25, 0.3) is 0 Å². The van der Waals surface area contributed by atoms with Crippen LogP contribution in [0.1, 0.15) is 20.3 Å². The molecule has 3 nitrogen and oxygen atoms in total. The lowest BCUT2D eigenvalue weighted by Gasteiger charge is -2.37. The van der Waals surface area contributed by atoms with Crippen LogP contribution in [0, 0.1) is 11.8 Å². The quantitative estimate of drug-likeness (QED) is 0.800. The van der Waals surface area contributed by atoms with Gasteiger partial charge in [-0.1, -0.05) is 13.8 Å². The largest absolute Gasteiger partial charge is 0.495 e. The zero-order valence-electron chi connectivity index (χ0n) is 10.9. The molecule has 0 spiro atoms. The molecule has 1 aliphatic heterocycles. The Morgan fingerprint density at radius 1 is 1.24 bits per heavy atom. The summed E-state index contributed by atoms with van der Waals surface area (Å²) in [6.07, 6.45) is 1.31. The second kappa shape index (κ2) is 4.86. The molecular formula is C14H22N2O. The summed E-state index contributed by atoms with van der Waals surface area (Å²) in [5.41, 5.74) is 7.71. The van der Waals surface area contributed by atoms with Crippen molar-refractivity contribution >= 4 is 11.4 Å². The average Bonchev–Trinajstić information content (AvgIpc) is 2.27. The number of hydrogen-bond donors (Lipinski definition) is 1. The minimum absolute atomic E-state index is 0.737. The van der Waals surface area contributed by atoms with Gasteiger partial charge in [-0.05, 0) is 30.4 Å². The molecule has 0 amide bonds. The molecule has 1 fully saturated rings. The van der Waals surface area contributed by atoms with E-state index in [-0.39, 0.29) is 0 Å². The van der Waals surface area contributed by atoms with Crippen molar-refractivity contribution in [1.82, 2.24) is 0 Å². The summed E-state index contributed by atoms with van der Waals surface area (Å²) < 4.78 is 5.43. The number of rotatable bonds is 2. The van der Waals surface area contributed by atoms with E-state index in [0.717, 1.165) is 36.4 Å². The third kappa shape index (κ3) is 2.65. The van der Waals surface area contributed by atoms with E-state index < -0.39 is 0 Å². The summed E-state index contributed by atoms with van der Waals surface area (Å²) in [6, 6.07) is 5.92. The Labute approximate surface area is 104 Å². The van der Waals surface area contributed by atoms with Crippen molar-refractivity contribution in [1.29, 1.82) is 0 Å². The highest BCUT2D eigenvalue weighted by atomic mass is 16.5. The highest BCUT2D eigenvalue weighted by molar-refractivity contribution is 5.64. The number of nitrogens with zero attached hydrogens (tertiary/aromatic N) is 1. The van der Waals surface area contributed by atoms with Gasteiger partial charge in [0.1, 0.15) is 5.75 Å². The smallest absolute Gasteiger partial charge is 0.144 e. The first kappa shape index (κ1) is 12.1. The van der Waals surface area contributed by atoms with Crippen LogP contribution in [0.2, 0.25) is 0 Å². The van der Waals surface area contributed by atoms with Gasteiger partial charge in [-0.3, -0.25) is 0 Å². The van der Waals surface area contributed by atoms with Crippen molar-refractivity contribution in [2.45, 2.75) is 20.3 Å². The van der Waals surface area contributed by atoms with Crippen molar-refractivity contribution < 1.29 is 4.74 Å². The van der Waals surface area contributed by atoms with Gasteiger partial charge in [0.05, 0.1) is 12.8 Å². The second-order valence-corrected chi connectivity index (χ2v) is 5.28. The van der Waals surface area contributed by atoms with Gasteiger partial charge in [0.15, 0.2) is 0 Å². The number of piperidine rings is 1. The summed E-state index contributed by atoms with van der Waals surface area (Å²) in [4.78, 5) is 2.41. The first-order valence-electron chi connectivity index (χ1n) is 6.28. The maximum atomic E-state index is 5.79. The third-order valence-corrected chi connectivity index (χ3v) is 3.41. The molecule has 2 N–H and O–H groups in total. The van der Waals surface area contributed by atoms with E-state index in [1.807, 2.05) is 12.1 Å². The molecular weight excluding hydrogens is 212 g/mol. The molecule has 0 aromatic heterocycles. The first-order valence-corrected chi connectivity index (χ1v) is 6.28. The molecule has 0 unspecified atom stereocenters. The normalized spacial score (nSPS) is 24.8. The third-order valence-electron chi connectivity index (χ3n) is 3.41. The van der Waals surface area contributed by atoms with Crippen LogP contribution in [-0.4, -0.2) is 20.2 Å². The molecule has 1 aromatic carbocycles. The molecule has 0 saturated carbocycles. The molecule has 2 rings (SSSR count). The van der Waals surface area contributed by atoms with Crippen molar-refractivity contribution in [3.63, 3.8) is 0 Å². The van der Waals surface area contributed by atoms with Gasteiger partial charge in [0.2, 0.25) is 0 Å². The first-order chi connectivity index (χ1) is 8.10. The number of nitrogen functional groups attached to an aromatic ring is 1. The standard InChI is InChI=1S/C14H22N2O/c1-10-6-11(2)9-16(8-10)13-5-4-12(15)7-14(13)17-3/h4-5,7,10-11H,6,8-9,15H2,1-3H3/t10-,11-/m1/s1. The average molecular weight is 234 g/mol. The van der Waals surface area contributed by atoms with Crippen LogP contribution in [0.5, 0.6) is 5.75 Å². The van der Waals surface area contributed by atoms with Crippen LogP contribution >= 0.6 is 0 Å². The van der Waals surface area contributed by atoms with E-state index in [0.29, 0.717) is 0 Å². The van der Waals surface area contributed by atoms with Crippen LogP contribution in [0.3, 0.4) is 0 Å². The SMILES string of the molecule is COc1cc(N)ccc1N1C[C@H](C)C[C@@H](C)C1. The van der Waals surface area contributed by atoms with Gasteiger partial charge >= 0.3 is 0 Å². The Morgan fingerprint density at radius 2 is 1.88 bits per heavy atom. The number of nitrogens with two attached hydrogens (primary N) is 1. The van der Waals surface area contributed by atoms with Crippen LogP contribution in [-0.2, 0) is 0 Å². The molecule has 2 atom stereocenters. The number of methoxy groups -OCH3 is 1. The molecule has 0 aliphatic carbocycles. The summed E-state index contributed by atoms with van der Waals surface area (Å²) in [5.74, 6) is 2.35. The lowest BCUT2D eigenvalue weighted by Crippen LogP contribution is -2.38. The van der Waals surface area contributed by atoms with Crippen molar-refractivity contribution in [3.05, 3.63) is 18.2 Å². The topological polar surface area (TPSA) is 38.5 Å². The predicted octanol–water partition coefficient (Wildman–Crippen LogP) is 2.76. The fraction of sp³-hybridized carbons (Fsp3) is 0.571. The van der Waals surface area contributed by atoms with E-state index in [1.165, 1.54) is 12.1 Å². The molecule has 1 saturated heterocycles. The number of hydrogen-bond acceptors (Lipinski definition) is 3. The number of ether oxygens (including phenoxy) is 1. The summed E-state index contributed by atoms with van der Waals surface area (Å²) >= 11 is 0. The van der Waals surface area contributed by atoms with Crippen molar-refractivity contribution in [3.8, 4) is 5.75 Å². The Bertz CT molecular complexity index is 382. The summed E-state index contributed by atoms with van der Waals surface area (Å²) in [7, 11) is 1.70. The highest BCUT2D eigenvalue weighted by Crippen LogP contribution is 2.34. The van der Waals surface area contributed by atoms with E-state index in [9.17, 15) is 0 Å². The Balaban J connectivity index is 2.26. The van der Waals surface area contributed by atoms with E-state index in [4.69, 9.17) is 10.5 Å². The zero-order chi connectivity index (χ0) is 12.4. The second-order valence-electron chi connectivity index (χ2n) is 5.28. The maximum Gasteiger partial charge on any atom is 0.144 e. The van der Waals surface area contributed by atoms with Crippen LogP contribution in [0.4, 0.5) is 11.4 Å². The van der Waals surface area contributed by atoms with Gasteiger partial charge in [0.25, 0.3) is 0 Å². The molecule has 1 aromatic rings. The maximum absolute atomic E-state index is 5.79. The highest BCUT2D eigenvalue weighted by Gasteiger charge is 2.23. The lowest BCUT2D eigenvalue weighted by molar-refractivity contribution is 0.351. The van der Waals surface area contributed by atoms with E-state index in [2.05, 4.69) is 24.8 Å². The molecule has 1 heterocycles. The van der Waals surface area contributed by atoms with Gasteiger partial charge in [-0.2, -0.15) is 0 Å². The Morgan fingerprint density at radius 3 is 2.47 bits per heavy atom. The fourth-order valence-electron chi connectivity index (χ4n) is 2.82. The molecule has 1 aliphatic rings.